The lowest BCUT2D eigenvalue weighted by Crippen LogP contribution is -2.49. The number of rotatable bonds is 7. The van der Waals surface area contributed by atoms with Crippen molar-refractivity contribution in [1.82, 2.24) is 19.4 Å². The van der Waals surface area contributed by atoms with Crippen molar-refractivity contribution in [2.75, 3.05) is 31.5 Å². The van der Waals surface area contributed by atoms with Gasteiger partial charge in [0.1, 0.15) is 0 Å². The summed E-state index contributed by atoms with van der Waals surface area (Å²) in [6.45, 7) is 3.72. The third-order valence-electron chi connectivity index (χ3n) is 6.34. The zero-order valence-corrected chi connectivity index (χ0v) is 22.0. The first-order valence-corrected chi connectivity index (χ1v) is 14.2. The zero-order valence-electron chi connectivity index (χ0n) is 20.3. The Labute approximate surface area is 220 Å². The highest BCUT2D eigenvalue weighted by molar-refractivity contribution is 7.91. The molecule has 0 atom stereocenters. The van der Waals surface area contributed by atoms with Crippen molar-refractivity contribution in [3.8, 4) is 0 Å². The number of aryl methyl sites for hydroxylation is 1. The van der Waals surface area contributed by atoms with Crippen LogP contribution < -0.4 is 5.32 Å². The summed E-state index contributed by atoms with van der Waals surface area (Å²) < 4.78 is 28.0. The van der Waals surface area contributed by atoms with Gasteiger partial charge in [0.15, 0.2) is 0 Å². The van der Waals surface area contributed by atoms with E-state index in [1.54, 1.807) is 18.2 Å². The minimum Gasteiger partial charge on any atom is -0.296 e. The average Bonchev–Trinajstić information content (AvgIpc) is 3.40. The summed E-state index contributed by atoms with van der Waals surface area (Å²) in [5.41, 5.74) is 3.77. The quantitative estimate of drug-likeness (QED) is 0.358. The lowest BCUT2D eigenvalue weighted by molar-refractivity contribution is 0.102. The third kappa shape index (κ3) is 5.62. The fourth-order valence-corrected chi connectivity index (χ4v) is 6.97. The molecule has 1 aliphatic rings. The second-order valence-electron chi connectivity index (χ2n) is 8.86. The number of benzene rings is 3. The summed E-state index contributed by atoms with van der Waals surface area (Å²) in [4.78, 5) is 14.8. The molecule has 0 aliphatic carbocycles. The fraction of sp³-hybridized carbons (Fsp3) is 0.222. The Hall–Kier alpha value is -3.44. The van der Waals surface area contributed by atoms with E-state index in [-0.39, 0.29) is 21.4 Å². The standard InChI is InChI=1S/C27H27N5O3S2/c1-20-9-8-14-23(19-20)25(33)28-26-29-30-27(36-26)37(34,35)32-17-15-31(16-18-32)24(21-10-4-2-5-11-21)22-12-6-3-7-13-22/h2-14,19,24H,15-18H2,1H3,(H,28,29,33). The number of hydrogen-bond acceptors (Lipinski definition) is 7. The number of hydrogen-bond donors (Lipinski definition) is 1. The number of sulfonamides is 1. The largest absolute Gasteiger partial charge is 0.296 e. The molecule has 1 N–H and O–H groups in total. The van der Waals surface area contributed by atoms with Gasteiger partial charge in [-0.1, -0.05) is 89.7 Å². The van der Waals surface area contributed by atoms with Crippen molar-refractivity contribution >= 4 is 32.4 Å². The minimum atomic E-state index is -3.83. The highest BCUT2D eigenvalue weighted by atomic mass is 32.2. The summed E-state index contributed by atoms with van der Waals surface area (Å²) in [6.07, 6.45) is 0. The summed E-state index contributed by atoms with van der Waals surface area (Å²) in [6, 6.07) is 27.7. The van der Waals surface area contributed by atoms with Crippen LogP contribution in [0.4, 0.5) is 5.13 Å². The van der Waals surface area contributed by atoms with Gasteiger partial charge in [0.2, 0.25) is 9.47 Å². The smallest absolute Gasteiger partial charge is 0.272 e. The minimum absolute atomic E-state index is 0.0391. The van der Waals surface area contributed by atoms with Crippen LogP contribution in [0.1, 0.15) is 33.1 Å². The van der Waals surface area contributed by atoms with Crippen molar-refractivity contribution < 1.29 is 13.2 Å². The third-order valence-corrected chi connectivity index (χ3v) is 9.42. The summed E-state index contributed by atoms with van der Waals surface area (Å²) in [5.74, 6) is -0.356. The lowest BCUT2D eigenvalue weighted by Gasteiger charge is -2.38. The van der Waals surface area contributed by atoms with Crippen molar-refractivity contribution in [2.24, 2.45) is 0 Å². The summed E-state index contributed by atoms with van der Waals surface area (Å²) in [5, 5.41) is 10.6. The topological polar surface area (TPSA) is 95.5 Å². The Bertz CT molecular complexity index is 1430. The Balaban J connectivity index is 1.28. The Morgan fingerprint density at radius 2 is 1.49 bits per heavy atom. The van der Waals surface area contributed by atoms with Gasteiger partial charge in [0.25, 0.3) is 15.9 Å². The highest BCUT2D eigenvalue weighted by Crippen LogP contribution is 2.31. The summed E-state index contributed by atoms with van der Waals surface area (Å²) >= 11 is 0.864. The molecule has 37 heavy (non-hydrogen) atoms. The molecule has 8 nitrogen and oxygen atoms in total. The van der Waals surface area contributed by atoms with Gasteiger partial charge in [-0.2, -0.15) is 4.31 Å². The molecular weight excluding hydrogens is 506 g/mol. The molecule has 0 radical (unpaired) electrons. The van der Waals surface area contributed by atoms with Crippen LogP contribution in [0.3, 0.4) is 0 Å². The van der Waals surface area contributed by atoms with E-state index in [0.717, 1.165) is 16.9 Å². The van der Waals surface area contributed by atoms with E-state index in [1.165, 1.54) is 15.4 Å². The lowest BCUT2D eigenvalue weighted by atomic mass is 9.96. The first kappa shape index (κ1) is 25.2. The molecule has 0 spiro atoms. The van der Waals surface area contributed by atoms with Crippen LogP contribution in [0.2, 0.25) is 0 Å². The molecule has 1 aliphatic heterocycles. The van der Waals surface area contributed by atoms with Crippen molar-refractivity contribution in [3.63, 3.8) is 0 Å². The van der Waals surface area contributed by atoms with E-state index in [4.69, 9.17) is 0 Å². The molecule has 0 unspecified atom stereocenters. The number of amides is 1. The maximum Gasteiger partial charge on any atom is 0.272 e. The molecule has 1 fully saturated rings. The maximum absolute atomic E-state index is 13.3. The van der Waals surface area contributed by atoms with Crippen molar-refractivity contribution in [1.29, 1.82) is 0 Å². The van der Waals surface area contributed by atoms with Crippen LogP contribution in [-0.2, 0) is 10.0 Å². The van der Waals surface area contributed by atoms with Gasteiger partial charge in [-0.15, -0.1) is 10.2 Å². The Kier molecular flexibility index (Phi) is 7.43. The van der Waals surface area contributed by atoms with E-state index >= 15 is 0 Å². The molecule has 1 aromatic heterocycles. The van der Waals surface area contributed by atoms with Crippen LogP contribution in [-0.4, -0.2) is 59.9 Å². The van der Waals surface area contributed by atoms with Gasteiger partial charge >= 0.3 is 0 Å². The fourth-order valence-electron chi connectivity index (χ4n) is 4.52. The van der Waals surface area contributed by atoms with E-state index in [0.29, 0.717) is 31.7 Å². The Morgan fingerprint density at radius 1 is 0.865 bits per heavy atom. The van der Waals surface area contributed by atoms with E-state index in [9.17, 15) is 13.2 Å². The Morgan fingerprint density at radius 3 is 2.08 bits per heavy atom. The van der Waals surface area contributed by atoms with Gasteiger partial charge in [-0.25, -0.2) is 8.42 Å². The molecule has 0 bridgehead atoms. The number of carbonyl (C=O) groups is 1. The van der Waals surface area contributed by atoms with Gasteiger partial charge < -0.3 is 0 Å². The molecule has 1 amide bonds. The number of aromatic nitrogens is 2. The predicted octanol–water partition coefficient (Wildman–Crippen LogP) is 4.19. The first-order chi connectivity index (χ1) is 17.9. The van der Waals surface area contributed by atoms with Crippen LogP contribution in [0, 0.1) is 6.92 Å². The van der Waals surface area contributed by atoms with Gasteiger partial charge in [-0.05, 0) is 30.2 Å². The average molecular weight is 534 g/mol. The molecule has 10 heteroatoms. The van der Waals surface area contributed by atoms with Crippen LogP contribution in [0.5, 0.6) is 0 Å². The van der Waals surface area contributed by atoms with E-state index in [2.05, 4.69) is 44.7 Å². The first-order valence-electron chi connectivity index (χ1n) is 12.0. The molecule has 2 heterocycles. The second kappa shape index (κ2) is 10.9. The molecule has 4 aromatic rings. The maximum atomic E-state index is 13.3. The van der Waals surface area contributed by atoms with Gasteiger partial charge in [0.05, 0.1) is 6.04 Å². The van der Waals surface area contributed by atoms with Crippen molar-refractivity contribution in [2.45, 2.75) is 17.3 Å². The monoisotopic (exact) mass is 533 g/mol. The highest BCUT2D eigenvalue weighted by Gasteiger charge is 2.34. The molecular formula is C27H27N5O3S2. The van der Waals surface area contributed by atoms with Crippen LogP contribution in [0.25, 0.3) is 0 Å². The SMILES string of the molecule is Cc1cccc(C(=O)Nc2nnc(S(=O)(=O)N3CCN(C(c4ccccc4)c4ccccc4)CC3)s2)c1. The number of anilines is 1. The van der Waals surface area contributed by atoms with Crippen molar-refractivity contribution in [3.05, 3.63) is 107 Å². The normalized spacial score (nSPS) is 15.1. The predicted molar refractivity (Wildman–Crippen MR) is 144 cm³/mol. The molecule has 3 aromatic carbocycles. The summed E-state index contributed by atoms with van der Waals surface area (Å²) in [7, 11) is -3.83. The molecule has 190 valence electrons. The molecule has 5 rings (SSSR count). The van der Waals surface area contributed by atoms with Crippen LogP contribution >= 0.6 is 11.3 Å². The molecule has 0 saturated carbocycles. The second-order valence-corrected chi connectivity index (χ2v) is 11.9. The zero-order chi connectivity index (χ0) is 25.8. The van der Waals surface area contributed by atoms with E-state index in [1.807, 2.05) is 49.4 Å². The number of nitrogens with one attached hydrogen (secondary N) is 1. The number of carbonyl (C=O) groups excluding carboxylic acids is 1. The number of piperazine rings is 1. The van der Waals surface area contributed by atoms with Gasteiger partial charge in [0, 0.05) is 31.7 Å². The van der Waals surface area contributed by atoms with E-state index < -0.39 is 10.0 Å². The van der Waals surface area contributed by atoms with Crippen LogP contribution in [0.15, 0.2) is 89.3 Å². The molecule has 1 saturated heterocycles. The number of nitrogens with zero attached hydrogens (tertiary/aromatic N) is 4. The van der Waals surface area contributed by atoms with Gasteiger partial charge in [-0.3, -0.25) is 15.0 Å².